The van der Waals surface area contributed by atoms with Crippen LogP contribution in [0.25, 0.3) is 0 Å². The van der Waals surface area contributed by atoms with E-state index in [1.165, 1.54) is 225 Å². The van der Waals surface area contributed by atoms with Crippen molar-refractivity contribution in [2.24, 2.45) is 5.92 Å². The minimum Gasteiger partial charge on any atom is -0.462 e. The van der Waals surface area contributed by atoms with Crippen molar-refractivity contribution in [2.75, 3.05) is 39.6 Å². The van der Waals surface area contributed by atoms with E-state index in [1.54, 1.807) is 0 Å². The van der Waals surface area contributed by atoms with Crippen LogP contribution in [0.1, 0.15) is 407 Å². The second kappa shape index (κ2) is 70.1. The first-order valence-corrected chi connectivity index (χ1v) is 43.1. The Hall–Kier alpha value is -1.94. The molecule has 0 aliphatic heterocycles. The molecule has 0 bridgehead atoms. The van der Waals surface area contributed by atoms with E-state index in [0.29, 0.717) is 25.7 Å². The van der Waals surface area contributed by atoms with Crippen molar-refractivity contribution < 1.29 is 80.2 Å². The maximum Gasteiger partial charge on any atom is 0.472 e. The van der Waals surface area contributed by atoms with Gasteiger partial charge in [-0.15, -0.1) is 0 Å². The summed E-state index contributed by atoms with van der Waals surface area (Å²) in [6, 6.07) is 0. The number of rotatable bonds is 77. The van der Waals surface area contributed by atoms with Crippen LogP contribution in [0.15, 0.2) is 0 Å². The Morgan fingerprint density at radius 1 is 0.281 bits per heavy atom. The number of esters is 4. The molecule has 2 unspecified atom stereocenters. The van der Waals surface area contributed by atoms with Crippen molar-refractivity contribution in [1.82, 2.24) is 0 Å². The quantitative estimate of drug-likeness (QED) is 0.0222. The Kier molecular flexibility index (Phi) is 68.7. The summed E-state index contributed by atoms with van der Waals surface area (Å²) in [5, 5.41) is 10.6. The molecule has 96 heavy (non-hydrogen) atoms. The van der Waals surface area contributed by atoms with Crippen molar-refractivity contribution >= 4 is 39.5 Å². The molecule has 3 N–H and O–H groups in total. The molecule has 0 aromatic heterocycles. The summed E-state index contributed by atoms with van der Waals surface area (Å²) in [6.07, 6.45) is 59.6. The fourth-order valence-electron chi connectivity index (χ4n) is 11.9. The first-order chi connectivity index (χ1) is 46.5. The fourth-order valence-corrected chi connectivity index (χ4v) is 13.5. The monoisotopic (exact) mass is 1410 g/mol. The predicted molar refractivity (Wildman–Crippen MR) is 391 cm³/mol. The van der Waals surface area contributed by atoms with Gasteiger partial charge in [0.15, 0.2) is 12.2 Å². The van der Waals surface area contributed by atoms with Crippen LogP contribution in [0.5, 0.6) is 0 Å². The molecule has 17 nitrogen and oxygen atoms in total. The summed E-state index contributed by atoms with van der Waals surface area (Å²) in [4.78, 5) is 72.8. The van der Waals surface area contributed by atoms with E-state index in [1.807, 2.05) is 0 Å². The van der Waals surface area contributed by atoms with E-state index < -0.39 is 97.5 Å². The summed E-state index contributed by atoms with van der Waals surface area (Å²) < 4.78 is 68.5. The summed E-state index contributed by atoms with van der Waals surface area (Å²) >= 11 is 0. The zero-order valence-corrected chi connectivity index (χ0v) is 64.3. The minimum absolute atomic E-state index is 0.107. The average Bonchev–Trinajstić information content (AvgIpc) is 1.58. The van der Waals surface area contributed by atoms with Crippen LogP contribution in [-0.4, -0.2) is 96.7 Å². The lowest BCUT2D eigenvalue weighted by Gasteiger charge is -2.21. The first kappa shape index (κ1) is 94.1. The normalized spacial score (nSPS) is 13.9. The molecule has 0 rings (SSSR count). The van der Waals surface area contributed by atoms with E-state index >= 15 is 0 Å². The van der Waals surface area contributed by atoms with E-state index in [9.17, 15) is 43.2 Å². The Balaban J connectivity index is 5.21. The number of phosphoric acid groups is 2. The van der Waals surface area contributed by atoms with Gasteiger partial charge in [0.25, 0.3) is 0 Å². The average molecular weight is 1410 g/mol. The molecule has 0 aliphatic rings. The molecule has 0 aliphatic carbocycles. The smallest absolute Gasteiger partial charge is 0.462 e. The Bertz CT molecular complexity index is 1840. The zero-order valence-electron chi connectivity index (χ0n) is 62.5. The van der Waals surface area contributed by atoms with Crippen LogP contribution < -0.4 is 0 Å². The third kappa shape index (κ3) is 70.5. The van der Waals surface area contributed by atoms with Gasteiger partial charge < -0.3 is 33.8 Å². The molecule has 0 spiro atoms. The molecule has 0 amide bonds. The van der Waals surface area contributed by atoms with E-state index in [4.69, 9.17) is 37.0 Å². The summed E-state index contributed by atoms with van der Waals surface area (Å²) in [5.41, 5.74) is 0. The molecule has 0 radical (unpaired) electrons. The van der Waals surface area contributed by atoms with Gasteiger partial charge in [-0.25, -0.2) is 9.13 Å². The van der Waals surface area contributed by atoms with Crippen molar-refractivity contribution in [3.8, 4) is 0 Å². The summed E-state index contributed by atoms with van der Waals surface area (Å²) in [6.45, 7) is 7.29. The number of aliphatic hydroxyl groups excluding tert-OH is 1. The van der Waals surface area contributed by atoms with E-state index in [2.05, 4.69) is 34.6 Å². The van der Waals surface area contributed by atoms with Gasteiger partial charge in [0.2, 0.25) is 0 Å². The third-order valence-electron chi connectivity index (χ3n) is 18.0. The van der Waals surface area contributed by atoms with Gasteiger partial charge in [0, 0.05) is 25.7 Å². The number of ether oxygens (including phenoxy) is 4. The van der Waals surface area contributed by atoms with E-state index in [-0.39, 0.29) is 25.7 Å². The lowest BCUT2D eigenvalue weighted by molar-refractivity contribution is -0.161. The first-order valence-electron chi connectivity index (χ1n) is 40.1. The molecule has 570 valence electrons. The predicted octanol–water partition coefficient (Wildman–Crippen LogP) is 22.9. The van der Waals surface area contributed by atoms with Gasteiger partial charge in [0.05, 0.1) is 26.4 Å². The largest absolute Gasteiger partial charge is 0.472 e. The van der Waals surface area contributed by atoms with Crippen LogP contribution in [0.4, 0.5) is 0 Å². The molecule has 19 heteroatoms. The number of aliphatic hydroxyl groups is 1. The Morgan fingerprint density at radius 3 is 0.708 bits per heavy atom. The van der Waals surface area contributed by atoms with Crippen LogP contribution >= 0.6 is 15.6 Å². The number of hydrogen-bond donors (Lipinski definition) is 3. The van der Waals surface area contributed by atoms with Crippen molar-refractivity contribution in [1.29, 1.82) is 0 Å². The number of unbranched alkanes of at least 4 members (excludes halogenated alkanes) is 49. The van der Waals surface area contributed by atoms with Gasteiger partial charge in [-0.1, -0.05) is 356 Å². The highest BCUT2D eigenvalue weighted by molar-refractivity contribution is 7.47. The second-order valence-electron chi connectivity index (χ2n) is 28.2. The number of phosphoric ester groups is 2. The van der Waals surface area contributed by atoms with E-state index in [0.717, 1.165) is 102 Å². The van der Waals surface area contributed by atoms with Crippen LogP contribution in [-0.2, 0) is 65.4 Å². The maximum atomic E-state index is 13.1. The number of carbonyl (C=O) groups is 4. The molecule has 0 saturated heterocycles. The van der Waals surface area contributed by atoms with Crippen LogP contribution in [0.3, 0.4) is 0 Å². The van der Waals surface area contributed by atoms with Crippen LogP contribution in [0, 0.1) is 5.92 Å². The number of hydrogen-bond acceptors (Lipinski definition) is 15. The molecule has 0 heterocycles. The maximum absolute atomic E-state index is 13.1. The molecule has 0 aromatic carbocycles. The highest BCUT2D eigenvalue weighted by atomic mass is 31.2. The SMILES string of the molecule is CCCCCCCCCCCCCCCCCCCC(=O)O[C@H](COC(=O)CCCCCCCCCCCCCCCCCC)COP(=O)(O)OC[C@@H](O)COP(=O)(O)OC[C@@H](COC(=O)CCCCCCCCCC)OC(=O)CCCCCCCCCCCCCCC(C)C. The van der Waals surface area contributed by atoms with Crippen molar-refractivity contribution in [3.05, 3.63) is 0 Å². The topological polar surface area (TPSA) is 237 Å². The molecule has 0 fully saturated rings. The Morgan fingerprint density at radius 2 is 0.479 bits per heavy atom. The lowest BCUT2D eigenvalue weighted by atomic mass is 10.0. The third-order valence-corrected chi connectivity index (χ3v) is 19.9. The number of carbonyl (C=O) groups excluding carboxylic acids is 4. The minimum atomic E-state index is -4.96. The van der Waals surface area contributed by atoms with Gasteiger partial charge in [0.1, 0.15) is 19.3 Å². The van der Waals surface area contributed by atoms with Crippen molar-refractivity contribution in [2.45, 2.75) is 425 Å². The molecular weight excluding hydrogens is 1260 g/mol. The lowest BCUT2D eigenvalue weighted by Crippen LogP contribution is -2.30. The molecule has 0 saturated carbocycles. The van der Waals surface area contributed by atoms with Gasteiger partial charge >= 0.3 is 39.5 Å². The molecule has 5 atom stereocenters. The summed E-state index contributed by atoms with van der Waals surface area (Å²) in [7, 11) is -9.91. The standard InChI is InChI=1S/C77H150O17P2/c1-6-9-12-15-18-21-23-25-27-29-31-33-38-42-47-52-57-62-76(81)94-73(67-88-75(80)61-56-51-46-41-37-32-30-28-26-24-22-19-16-13-10-7-2)69-92-96(85,86)90-65-71(78)64-89-95(83,84)91-68-72(66-87-74(79)60-55-50-45-20-17-14-11-8-3)93-77(82)63-58-53-48-43-39-35-34-36-40-44-49-54-59-70(4)5/h70-73,78H,6-69H2,1-5H3,(H,83,84)(H,85,86)/t71-,72+,73+/m0/s1. The fraction of sp³-hybridized carbons (Fsp3) is 0.948. The second-order valence-corrected chi connectivity index (χ2v) is 31.1. The zero-order chi connectivity index (χ0) is 70.5. The summed E-state index contributed by atoms with van der Waals surface area (Å²) in [5.74, 6) is -1.34. The Labute approximate surface area is 588 Å². The van der Waals surface area contributed by atoms with Crippen molar-refractivity contribution in [3.63, 3.8) is 0 Å². The van der Waals surface area contributed by atoms with Crippen LogP contribution in [0.2, 0.25) is 0 Å². The molecular formula is C77H150O17P2. The van der Waals surface area contributed by atoms with Gasteiger partial charge in [-0.05, 0) is 31.6 Å². The highest BCUT2D eigenvalue weighted by Crippen LogP contribution is 2.45. The molecule has 0 aromatic rings. The van der Waals surface area contributed by atoms with Gasteiger partial charge in [-0.2, -0.15) is 0 Å². The van der Waals surface area contributed by atoms with Gasteiger partial charge in [-0.3, -0.25) is 37.3 Å². The highest BCUT2D eigenvalue weighted by Gasteiger charge is 2.30.